The number of nitrogens with zero attached hydrogens (tertiary/aromatic N) is 2. The van der Waals surface area contributed by atoms with E-state index in [9.17, 15) is 4.79 Å². The molecule has 3 rings (SSSR count). The van der Waals surface area contributed by atoms with Gasteiger partial charge in [0.2, 0.25) is 11.8 Å². The standard InChI is InChI=1S/C19H14ClN3O2/c1-12-17(23-19(25-12)13-5-3-2-4-6-13)10-18(24)22-15-8-7-14(11-21)16(20)9-15/h2-9H,10H2,1H3,(H,22,24). The number of nitriles is 1. The summed E-state index contributed by atoms with van der Waals surface area (Å²) in [5, 5.41) is 11.9. The molecule has 1 heterocycles. The van der Waals surface area contributed by atoms with Crippen LogP contribution in [-0.4, -0.2) is 10.9 Å². The molecule has 0 radical (unpaired) electrons. The smallest absolute Gasteiger partial charge is 0.230 e. The molecule has 0 saturated heterocycles. The van der Waals surface area contributed by atoms with Gasteiger partial charge in [-0.15, -0.1) is 0 Å². The third-order valence-electron chi connectivity index (χ3n) is 3.61. The van der Waals surface area contributed by atoms with E-state index in [4.69, 9.17) is 21.3 Å². The normalized spacial score (nSPS) is 10.3. The number of halogens is 1. The third kappa shape index (κ3) is 3.87. The lowest BCUT2D eigenvalue weighted by Gasteiger charge is -2.05. The average molecular weight is 352 g/mol. The van der Waals surface area contributed by atoms with Crippen LogP contribution in [0.3, 0.4) is 0 Å². The van der Waals surface area contributed by atoms with Crippen molar-refractivity contribution in [1.29, 1.82) is 5.26 Å². The van der Waals surface area contributed by atoms with Crippen molar-refractivity contribution in [1.82, 2.24) is 4.98 Å². The number of carbonyl (C=O) groups excluding carboxylic acids is 1. The summed E-state index contributed by atoms with van der Waals surface area (Å²) in [6, 6.07) is 16.2. The van der Waals surface area contributed by atoms with E-state index in [0.717, 1.165) is 5.56 Å². The monoisotopic (exact) mass is 351 g/mol. The Balaban J connectivity index is 1.72. The topological polar surface area (TPSA) is 78.9 Å². The molecule has 0 aliphatic heterocycles. The fourth-order valence-corrected chi connectivity index (χ4v) is 2.56. The van der Waals surface area contributed by atoms with Gasteiger partial charge < -0.3 is 9.73 Å². The van der Waals surface area contributed by atoms with Crippen LogP contribution in [0, 0.1) is 18.3 Å². The maximum atomic E-state index is 12.2. The first-order valence-corrected chi connectivity index (χ1v) is 7.96. The van der Waals surface area contributed by atoms with Gasteiger partial charge in [-0.25, -0.2) is 4.98 Å². The Hall–Kier alpha value is -3.10. The van der Waals surface area contributed by atoms with Crippen LogP contribution >= 0.6 is 11.6 Å². The molecule has 25 heavy (non-hydrogen) atoms. The first-order chi connectivity index (χ1) is 12.1. The van der Waals surface area contributed by atoms with E-state index in [0.29, 0.717) is 33.6 Å². The van der Waals surface area contributed by atoms with E-state index in [2.05, 4.69) is 10.3 Å². The second-order valence-corrected chi connectivity index (χ2v) is 5.83. The largest absolute Gasteiger partial charge is 0.441 e. The molecule has 0 aliphatic rings. The van der Waals surface area contributed by atoms with Gasteiger partial charge in [0, 0.05) is 11.3 Å². The van der Waals surface area contributed by atoms with E-state index in [-0.39, 0.29) is 12.3 Å². The molecule has 0 unspecified atom stereocenters. The SMILES string of the molecule is Cc1oc(-c2ccccc2)nc1CC(=O)Nc1ccc(C#N)c(Cl)c1. The number of aryl methyl sites for hydroxylation is 1. The van der Waals surface area contributed by atoms with Crippen molar-refractivity contribution in [3.8, 4) is 17.5 Å². The number of aromatic nitrogens is 1. The summed E-state index contributed by atoms with van der Waals surface area (Å²) in [5.41, 5.74) is 2.32. The number of benzene rings is 2. The number of rotatable bonds is 4. The molecule has 5 nitrogen and oxygen atoms in total. The molecule has 0 atom stereocenters. The van der Waals surface area contributed by atoms with Gasteiger partial charge in [0.1, 0.15) is 11.8 Å². The van der Waals surface area contributed by atoms with E-state index in [1.165, 1.54) is 0 Å². The zero-order valence-corrected chi connectivity index (χ0v) is 14.2. The number of nitrogens with one attached hydrogen (secondary N) is 1. The molecular weight excluding hydrogens is 338 g/mol. The van der Waals surface area contributed by atoms with Crippen molar-refractivity contribution >= 4 is 23.2 Å². The molecule has 124 valence electrons. The van der Waals surface area contributed by atoms with Crippen molar-refractivity contribution in [2.75, 3.05) is 5.32 Å². The molecular formula is C19H14ClN3O2. The highest BCUT2D eigenvalue weighted by Gasteiger charge is 2.15. The van der Waals surface area contributed by atoms with E-state index < -0.39 is 0 Å². The van der Waals surface area contributed by atoms with Gasteiger partial charge in [-0.1, -0.05) is 29.8 Å². The summed E-state index contributed by atoms with van der Waals surface area (Å²) in [7, 11) is 0. The summed E-state index contributed by atoms with van der Waals surface area (Å²) in [6.07, 6.45) is 0.0831. The minimum Gasteiger partial charge on any atom is -0.441 e. The summed E-state index contributed by atoms with van der Waals surface area (Å²) in [4.78, 5) is 16.7. The minimum atomic E-state index is -0.239. The summed E-state index contributed by atoms with van der Waals surface area (Å²) >= 11 is 5.97. The molecule has 0 aliphatic carbocycles. The number of oxazole rings is 1. The number of hydrogen-bond acceptors (Lipinski definition) is 4. The number of amides is 1. The van der Waals surface area contributed by atoms with E-state index in [1.54, 1.807) is 25.1 Å². The molecule has 0 fully saturated rings. The summed E-state index contributed by atoms with van der Waals surface area (Å²) < 4.78 is 5.65. The highest BCUT2D eigenvalue weighted by atomic mass is 35.5. The molecule has 3 aromatic rings. The predicted octanol–water partition coefficient (Wildman–Crippen LogP) is 4.36. The van der Waals surface area contributed by atoms with Gasteiger partial charge in [0.15, 0.2) is 0 Å². The van der Waals surface area contributed by atoms with Crippen LogP contribution in [0.25, 0.3) is 11.5 Å². The van der Waals surface area contributed by atoms with Crippen LogP contribution in [0.5, 0.6) is 0 Å². The fraction of sp³-hybridized carbons (Fsp3) is 0.105. The minimum absolute atomic E-state index is 0.0831. The molecule has 0 bridgehead atoms. The number of carbonyl (C=O) groups is 1. The first kappa shape index (κ1) is 16.7. The highest BCUT2D eigenvalue weighted by molar-refractivity contribution is 6.32. The van der Waals surface area contributed by atoms with Gasteiger partial charge in [0.25, 0.3) is 0 Å². The Labute approximate surface area is 149 Å². The Morgan fingerprint density at radius 2 is 2.04 bits per heavy atom. The third-order valence-corrected chi connectivity index (χ3v) is 3.93. The van der Waals surface area contributed by atoms with Crippen molar-refractivity contribution in [2.45, 2.75) is 13.3 Å². The molecule has 6 heteroatoms. The maximum absolute atomic E-state index is 12.2. The van der Waals surface area contributed by atoms with E-state index in [1.807, 2.05) is 36.4 Å². The summed E-state index contributed by atoms with van der Waals surface area (Å²) in [6.45, 7) is 1.78. The zero-order valence-electron chi connectivity index (χ0n) is 13.4. The van der Waals surface area contributed by atoms with Crippen molar-refractivity contribution < 1.29 is 9.21 Å². The van der Waals surface area contributed by atoms with Gasteiger partial charge in [-0.2, -0.15) is 5.26 Å². The van der Waals surface area contributed by atoms with Crippen molar-refractivity contribution in [3.63, 3.8) is 0 Å². The van der Waals surface area contributed by atoms with Crippen LogP contribution in [0.15, 0.2) is 52.9 Å². The fourth-order valence-electron chi connectivity index (χ4n) is 2.34. The quantitative estimate of drug-likeness (QED) is 0.757. The molecule has 1 aromatic heterocycles. The predicted molar refractivity (Wildman–Crippen MR) is 95.2 cm³/mol. The second-order valence-electron chi connectivity index (χ2n) is 5.42. The van der Waals surface area contributed by atoms with Crippen molar-refractivity contribution in [3.05, 3.63) is 70.6 Å². The van der Waals surface area contributed by atoms with Crippen molar-refractivity contribution in [2.24, 2.45) is 0 Å². The molecule has 2 aromatic carbocycles. The number of hydrogen-bond donors (Lipinski definition) is 1. The van der Waals surface area contributed by atoms with E-state index >= 15 is 0 Å². The van der Waals surface area contributed by atoms with Crippen LogP contribution in [0.2, 0.25) is 5.02 Å². The lowest BCUT2D eigenvalue weighted by Crippen LogP contribution is -2.15. The van der Waals surface area contributed by atoms with Crippen LogP contribution in [0.4, 0.5) is 5.69 Å². The zero-order chi connectivity index (χ0) is 17.8. The molecule has 1 amide bonds. The maximum Gasteiger partial charge on any atom is 0.230 e. The van der Waals surface area contributed by atoms with Gasteiger partial charge in [-0.3, -0.25) is 4.79 Å². The number of anilines is 1. The first-order valence-electron chi connectivity index (χ1n) is 7.58. The Bertz CT molecular complexity index is 959. The van der Waals surface area contributed by atoms with Gasteiger partial charge in [-0.05, 0) is 37.3 Å². The second kappa shape index (κ2) is 7.20. The molecule has 0 spiro atoms. The van der Waals surface area contributed by atoms with Gasteiger partial charge >= 0.3 is 0 Å². The Morgan fingerprint density at radius 3 is 2.72 bits per heavy atom. The highest BCUT2D eigenvalue weighted by Crippen LogP contribution is 2.23. The lowest BCUT2D eigenvalue weighted by atomic mass is 10.2. The summed E-state index contributed by atoms with van der Waals surface area (Å²) in [5.74, 6) is 0.853. The van der Waals surface area contributed by atoms with Crippen LogP contribution in [-0.2, 0) is 11.2 Å². The Morgan fingerprint density at radius 1 is 1.28 bits per heavy atom. The molecule has 0 saturated carbocycles. The molecule has 1 N–H and O–H groups in total. The van der Waals surface area contributed by atoms with Crippen LogP contribution < -0.4 is 5.32 Å². The average Bonchev–Trinajstić information content (AvgIpc) is 2.96. The van der Waals surface area contributed by atoms with Gasteiger partial charge in [0.05, 0.1) is 22.7 Å². The Kier molecular flexibility index (Phi) is 4.82. The lowest BCUT2D eigenvalue weighted by molar-refractivity contribution is -0.115. The van der Waals surface area contributed by atoms with Crippen LogP contribution in [0.1, 0.15) is 17.0 Å².